The van der Waals surface area contributed by atoms with Crippen molar-refractivity contribution in [3.63, 3.8) is 0 Å². The molecule has 4 rings (SSSR count). The van der Waals surface area contributed by atoms with Gasteiger partial charge in [0.15, 0.2) is 5.65 Å². The molecule has 0 saturated carbocycles. The molecular weight excluding hydrogens is 475 g/mol. The second-order valence-corrected chi connectivity index (χ2v) is 8.71. The third-order valence-electron chi connectivity index (χ3n) is 5.60. The number of amides is 1. The molecule has 0 fully saturated rings. The monoisotopic (exact) mass is 498 g/mol. The predicted molar refractivity (Wildman–Crippen MR) is 134 cm³/mol. The van der Waals surface area contributed by atoms with E-state index >= 15 is 0 Å². The molecule has 0 radical (unpaired) electrons. The number of fused-ring (bicyclic) bond motifs is 1. The Morgan fingerprint density at radius 3 is 2.44 bits per heavy atom. The maximum absolute atomic E-state index is 12.5. The number of hydrogen-bond donors (Lipinski definition) is 1. The van der Waals surface area contributed by atoms with Gasteiger partial charge in [0.2, 0.25) is 5.91 Å². The molecule has 1 N–H and O–H groups in total. The van der Waals surface area contributed by atoms with Gasteiger partial charge in [-0.25, -0.2) is 9.50 Å². The lowest BCUT2D eigenvalue weighted by molar-refractivity contribution is -0.116. The van der Waals surface area contributed by atoms with Crippen molar-refractivity contribution in [1.29, 1.82) is 0 Å². The van der Waals surface area contributed by atoms with E-state index in [0.717, 1.165) is 33.9 Å². The number of carbonyl (C=O) groups excluding carboxylic acids is 1. The number of ether oxygens (including phenoxy) is 2. The third kappa shape index (κ3) is 4.95. The summed E-state index contributed by atoms with van der Waals surface area (Å²) in [4.78, 5) is 17.3. The summed E-state index contributed by atoms with van der Waals surface area (Å²) < 4.78 is 12.6. The summed E-state index contributed by atoms with van der Waals surface area (Å²) in [5.74, 6) is 1.23. The fourth-order valence-electron chi connectivity index (χ4n) is 3.92. The molecule has 2 heterocycles. The smallest absolute Gasteiger partial charge is 0.224 e. The first-order valence-corrected chi connectivity index (χ1v) is 11.4. The minimum absolute atomic E-state index is 0.138. The van der Waals surface area contributed by atoms with Crippen molar-refractivity contribution in [2.75, 3.05) is 19.5 Å². The Labute approximate surface area is 207 Å². The maximum Gasteiger partial charge on any atom is 0.224 e. The summed E-state index contributed by atoms with van der Waals surface area (Å²) in [5, 5.41) is 8.54. The van der Waals surface area contributed by atoms with Crippen LogP contribution in [-0.4, -0.2) is 34.7 Å². The number of halogens is 2. The molecule has 1 amide bonds. The molecule has 0 aliphatic rings. The predicted octanol–water partition coefficient (Wildman–Crippen LogP) is 5.91. The number of nitrogens with zero attached hydrogens (tertiary/aromatic N) is 3. The highest BCUT2D eigenvalue weighted by Crippen LogP contribution is 2.33. The summed E-state index contributed by atoms with van der Waals surface area (Å²) >= 11 is 12.0. The number of nitrogens with one attached hydrogen (secondary N) is 1. The Morgan fingerprint density at radius 2 is 1.76 bits per heavy atom. The van der Waals surface area contributed by atoms with Crippen molar-refractivity contribution in [1.82, 2.24) is 14.6 Å². The lowest BCUT2D eigenvalue weighted by Crippen LogP contribution is -2.14. The molecule has 7 nitrogen and oxygen atoms in total. The molecule has 2 aromatic heterocycles. The minimum Gasteiger partial charge on any atom is -0.497 e. The third-order valence-corrected chi connectivity index (χ3v) is 6.03. The van der Waals surface area contributed by atoms with E-state index < -0.39 is 0 Å². The molecule has 176 valence electrons. The van der Waals surface area contributed by atoms with E-state index in [4.69, 9.17) is 42.8 Å². The molecular formula is C25H24Cl2N4O3. The Hall–Kier alpha value is -3.29. The van der Waals surface area contributed by atoms with Crippen LogP contribution in [0.25, 0.3) is 16.9 Å². The average molecular weight is 499 g/mol. The molecule has 9 heteroatoms. The maximum atomic E-state index is 12.5. The fraction of sp³-hybridized carbons (Fsp3) is 0.240. The molecule has 0 aliphatic heterocycles. The number of anilines is 1. The van der Waals surface area contributed by atoms with Crippen LogP contribution in [0.15, 0.2) is 42.5 Å². The zero-order valence-electron chi connectivity index (χ0n) is 19.3. The molecule has 0 spiro atoms. The SMILES string of the molecule is COc1ccc(-c2cc3nc(C)c(CCC(=O)Nc4cc(Cl)cc(Cl)c4)c(C)n3n2)c(OC)c1. The highest BCUT2D eigenvalue weighted by Gasteiger charge is 2.17. The Kier molecular flexibility index (Phi) is 6.95. The topological polar surface area (TPSA) is 77.8 Å². The largest absolute Gasteiger partial charge is 0.497 e. The van der Waals surface area contributed by atoms with E-state index in [9.17, 15) is 4.79 Å². The normalized spacial score (nSPS) is 11.0. The van der Waals surface area contributed by atoms with Gasteiger partial charge in [0, 0.05) is 51.2 Å². The van der Waals surface area contributed by atoms with Crippen molar-refractivity contribution in [3.05, 3.63) is 69.5 Å². The van der Waals surface area contributed by atoms with Gasteiger partial charge in [-0.2, -0.15) is 5.10 Å². The summed E-state index contributed by atoms with van der Waals surface area (Å²) in [6, 6.07) is 12.5. The Morgan fingerprint density at radius 1 is 1.03 bits per heavy atom. The number of carbonyl (C=O) groups is 1. The second kappa shape index (κ2) is 9.91. The molecule has 0 aliphatic carbocycles. The summed E-state index contributed by atoms with van der Waals surface area (Å²) in [6.45, 7) is 3.92. The first-order valence-electron chi connectivity index (χ1n) is 10.6. The van der Waals surface area contributed by atoms with Gasteiger partial charge in [-0.15, -0.1) is 0 Å². The highest BCUT2D eigenvalue weighted by molar-refractivity contribution is 6.35. The van der Waals surface area contributed by atoms with Crippen molar-refractivity contribution >= 4 is 40.4 Å². The Balaban J connectivity index is 1.58. The van der Waals surface area contributed by atoms with Crippen molar-refractivity contribution in [3.8, 4) is 22.8 Å². The minimum atomic E-state index is -0.138. The van der Waals surface area contributed by atoms with Crippen LogP contribution in [-0.2, 0) is 11.2 Å². The number of aromatic nitrogens is 3. The summed E-state index contributed by atoms with van der Waals surface area (Å²) in [7, 11) is 3.23. The first kappa shape index (κ1) is 23.9. The lowest BCUT2D eigenvalue weighted by Gasteiger charge is -2.11. The standard InChI is InChI=1S/C25H24Cl2N4O3/c1-14-20(7-8-25(32)29-18-10-16(26)9-17(27)11-18)15(2)31-24(28-14)13-22(30-31)21-6-5-19(33-3)12-23(21)34-4/h5-6,9-13H,7-8H2,1-4H3,(H,29,32). The quantitative estimate of drug-likeness (QED) is 0.342. The van der Waals surface area contributed by atoms with Gasteiger partial charge in [-0.3, -0.25) is 4.79 Å². The molecule has 2 aromatic carbocycles. The molecule has 0 bridgehead atoms. The summed E-state index contributed by atoms with van der Waals surface area (Å²) in [5.41, 5.74) is 5.63. The van der Waals surface area contributed by atoms with Crippen molar-refractivity contribution in [2.24, 2.45) is 0 Å². The van der Waals surface area contributed by atoms with Crippen LogP contribution in [0.2, 0.25) is 10.0 Å². The van der Waals surface area contributed by atoms with Crippen LogP contribution in [0.4, 0.5) is 5.69 Å². The van der Waals surface area contributed by atoms with Crippen LogP contribution in [0, 0.1) is 13.8 Å². The molecule has 34 heavy (non-hydrogen) atoms. The van der Waals surface area contributed by atoms with Crippen LogP contribution >= 0.6 is 23.2 Å². The average Bonchev–Trinajstić information content (AvgIpc) is 3.21. The summed E-state index contributed by atoms with van der Waals surface area (Å²) in [6.07, 6.45) is 0.793. The van der Waals surface area contributed by atoms with Crippen LogP contribution < -0.4 is 14.8 Å². The van der Waals surface area contributed by atoms with E-state index in [1.807, 2.05) is 38.1 Å². The van der Waals surface area contributed by atoms with E-state index in [1.165, 1.54) is 0 Å². The van der Waals surface area contributed by atoms with Gasteiger partial charge in [-0.1, -0.05) is 23.2 Å². The second-order valence-electron chi connectivity index (χ2n) is 7.83. The van der Waals surface area contributed by atoms with Gasteiger partial charge in [0.05, 0.1) is 19.9 Å². The van der Waals surface area contributed by atoms with E-state index in [-0.39, 0.29) is 12.3 Å². The van der Waals surface area contributed by atoms with E-state index in [1.54, 1.807) is 36.9 Å². The van der Waals surface area contributed by atoms with E-state index in [0.29, 0.717) is 33.7 Å². The number of benzene rings is 2. The first-order chi connectivity index (χ1) is 16.3. The zero-order chi connectivity index (χ0) is 24.4. The van der Waals surface area contributed by atoms with Gasteiger partial charge in [-0.05, 0) is 56.2 Å². The number of methoxy groups -OCH3 is 2. The zero-order valence-corrected chi connectivity index (χ0v) is 20.8. The van der Waals surface area contributed by atoms with Crippen LogP contribution in [0.1, 0.15) is 23.4 Å². The van der Waals surface area contributed by atoms with Gasteiger partial charge >= 0.3 is 0 Å². The molecule has 4 aromatic rings. The van der Waals surface area contributed by atoms with Crippen LogP contribution in [0.5, 0.6) is 11.5 Å². The van der Waals surface area contributed by atoms with Crippen molar-refractivity contribution in [2.45, 2.75) is 26.7 Å². The fourth-order valence-corrected chi connectivity index (χ4v) is 4.44. The van der Waals surface area contributed by atoms with Gasteiger partial charge in [0.25, 0.3) is 0 Å². The Bertz CT molecular complexity index is 1360. The lowest BCUT2D eigenvalue weighted by atomic mass is 10.1. The number of hydrogen-bond acceptors (Lipinski definition) is 5. The number of rotatable bonds is 7. The van der Waals surface area contributed by atoms with Gasteiger partial charge in [0.1, 0.15) is 11.5 Å². The van der Waals surface area contributed by atoms with E-state index in [2.05, 4.69) is 5.32 Å². The van der Waals surface area contributed by atoms with Crippen LogP contribution in [0.3, 0.4) is 0 Å². The number of aryl methyl sites for hydroxylation is 2. The highest BCUT2D eigenvalue weighted by atomic mass is 35.5. The van der Waals surface area contributed by atoms with Crippen molar-refractivity contribution < 1.29 is 14.3 Å². The molecule has 0 atom stereocenters. The molecule has 0 saturated heterocycles. The van der Waals surface area contributed by atoms with Gasteiger partial charge < -0.3 is 14.8 Å². The molecule has 0 unspecified atom stereocenters.